The Morgan fingerprint density at radius 2 is 2.05 bits per heavy atom. The smallest absolute Gasteiger partial charge is 0.261 e. The summed E-state index contributed by atoms with van der Waals surface area (Å²) in [6, 6.07) is 4.94. The van der Waals surface area contributed by atoms with Gasteiger partial charge >= 0.3 is 0 Å². The maximum atomic E-state index is 11.3. The second kappa shape index (κ2) is 5.71. The Hall–Kier alpha value is -0.740. The summed E-state index contributed by atoms with van der Waals surface area (Å²) >= 11 is 0. The van der Waals surface area contributed by atoms with Crippen molar-refractivity contribution in [3.8, 4) is 5.75 Å². The van der Waals surface area contributed by atoms with E-state index in [0.29, 0.717) is 11.5 Å². The molecule has 0 N–H and O–H groups in total. The van der Waals surface area contributed by atoms with Crippen LogP contribution in [0.15, 0.2) is 23.1 Å². The summed E-state index contributed by atoms with van der Waals surface area (Å²) in [5.41, 5.74) is 0.622. The lowest BCUT2D eigenvalue weighted by Crippen LogP contribution is -2.24. The zero-order valence-corrected chi connectivity index (χ0v) is 12.8. The molecular formula is C14H19ClO3S. The number of aryl methyl sites for hydroxylation is 1. The number of ether oxygens (including phenoxy) is 1. The van der Waals surface area contributed by atoms with Gasteiger partial charge in [-0.2, -0.15) is 0 Å². The summed E-state index contributed by atoms with van der Waals surface area (Å²) in [7, 11) is 1.68. The molecule has 3 nitrogen and oxygen atoms in total. The van der Waals surface area contributed by atoms with E-state index in [1.54, 1.807) is 19.1 Å². The highest BCUT2D eigenvalue weighted by atomic mass is 35.7. The van der Waals surface area contributed by atoms with Crippen molar-refractivity contribution in [2.75, 3.05) is 0 Å². The van der Waals surface area contributed by atoms with E-state index >= 15 is 0 Å². The predicted octanol–water partition coefficient (Wildman–Crippen LogP) is 3.88. The van der Waals surface area contributed by atoms with Gasteiger partial charge in [0.15, 0.2) is 0 Å². The minimum absolute atomic E-state index is 0.151. The molecule has 0 spiro atoms. The molecule has 1 aliphatic carbocycles. The van der Waals surface area contributed by atoms with Gasteiger partial charge in [0, 0.05) is 10.7 Å². The van der Waals surface area contributed by atoms with E-state index in [0.717, 1.165) is 18.6 Å². The lowest BCUT2D eigenvalue weighted by Gasteiger charge is -2.27. The molecule has 2 unspecified atom stereocenters. The van der Waals surface area contributed by atoms with E-state index < -0.39 is 9.05 Å². The third-order valence-electron chi connectivity index (χ3n) is 3.60. The predicted molar refractivity (Wildman–Crippen MR) is 76.3 cm³/mol. The average molecular weight is 303 g/mol. The summed E-state index contributed by atoms with van der Waals surface area (Å²) in [6.07, 6.45) is 4.83. The molecule has 0 heterocycles. The van der Waals surface area contributed by atoms with E-state index in [4.69, 9.17) is 15.4 Å². The molecule has 5 heteroatoms. The third kappa shape index (κ3) is 3.86. The normalized spacial score (nSPS) is 24.2. The standard InChI is InChI=1S/C14H19ClO3S/c1-10-4-3-5-12(8-10)18-13-6-7-14(11(2)9-13)19(15,16)17/h6-7,9-10,12H,3-5,8H2,1-2H3. The minimum Gasteiger partial charge on any atom is -0.490 e. The van der Waals surface area contributed by atoms with Crippen LogP contribution in [0.3, 0.4) is 0 Å². The van der Waals surface area contributed by atoms with Crippen molar-refractivity contribution >= 4 is 19.7 Å². The molecule has 0 bridgehead atoms. The fourth-order valence-corrected chi connectivity index (χ4v) is 3.84. The van der Waals surface area contributed by atoms with Crippen LogP contribution in [0.5, 0.6) is 5.75 Å². The van der Waals surface area contributed by atoms with Gasteiger partial charge in [-0.05, 0) is 55.9 Å². The maximum absolute atomic E-state index is 11.3. The Bertz CT molecular complexity index is 554. The fraction of sp³-hybridized carbons (Fsp3) is 0.571. The van der Waals surface area contributed by atoms with Crippen LogP contribution in [0.2, 0.25) is 0 Å². The molecule has 0 aliphatic heterocycles. The van der Waals surface area contributed by atoms with Crippen LogP contribution in [0, 0.1) is 12.8 Å². The van der Waals surface area contributed by atoms with Gasteiger partial charge in [0.25, 0.3) is 9.05 Å². The van der Waals surface area contributed by atoms with Crippen LogP contribution in [0.4, 0.5) is 0 Å². The average Bonchev–Trinajstić information content (AvgIpc) is 2.27. The van der Waals surface area contributed by atoms with Crippen LogP contribution in [-0.2, 0) is 9.05 Å². The topological polar surface area (TPSA) is 43.4 Å². The molecule has 2 atom stereocenters. The molecule has 1 aromatic rings. The highest BCUT2D eigenvalue weighted by molar-refractivity contribution is 8.13. The van der Waals surface area contributed by atoms with Crippen molar-refractivity contribution in [1.82, 2.24) is 0 Å². The Kier molecular flexibility index (Phi) is 4.41. The van der Waals surface area contributed by atoms with E-state index in [-0.39, 0.29) is 11.0 Å². The van der Waals surface area contributed by atoms with Crippen LogP contribution >= 0.6 is 10.7 Å². The van der Waals surface area contributed by atoms with Crippen molar-refractivity contribution in [2.24, 2.45) is 5.92 Å². The molecule has 106 valence electrons. The van der Waals surface area contributed by atoms with E-state index in [2.05, 4.69) is 6.92 Å². The van der Waals surface area contributed by atoms with Crippen LogP contribution in [0.1, 0.15) is 38.2 Å². The van der Waals surface area contributed by atoms with Gasteiger partial charge in [0.05, 0.1) is 11.0 Å². The number of benzene rings is 1. The fourth-order valence-electron chi connectivity index (χ4n) is 2.65. The molecule has 0 aromatic heterocycles. The number of rotatable bonds is 3. The highest BCUT2D eigenvalue weighted by Gasteiger charge is 2.21. The number of halogens is 1. The number of hydrogen-bond donors (Lipinski definition) is 0. The second-order valence-corrected chi connectivity index (χ2v) is 7.91. The lowest BCUT2D eigenvalue weighted by molar-refractivity contribution is 0.129. The Morgan fingerprint density at radius 1 is 1.32 bits per heavy atom. The minimum atomic E-state index is -3.68. The zero-order valence-electron chi connectivity index (χ0n) is 11.2. The van der Waals surface area contributed by atoms with Gasteiger partial charge in [-0.1, -0.05) is 13.3 Å². The molecule has 1 fully saturated rings. The lowest BCUT2D eigenvalue weighted by atomic mass is 9.89. The molecule has 0 saturated heterocycles. The van der Waals surface area contributed by atoms with Gasteiger partial charge in [-0.25, -0.2) is 8.42 Å². The Morgan fingerprint density at radius 3 is 2.63 bits per heavy atom. The number of hydrogen-bond acceptors (Lipinski definition) is 3. The van der Waals surface area contributed by atoms with Gasteiger partial charge in [0.1, 0.15) is 5.75 Å². The molecule has 19 heavy (non-hydrogen) atoms. The first-order valence-electron chi connectivity index (χ1n) is 6.58. The maximum Gasteiger partial charge on any atom is 0.261 e. The first-order valence-corrected chi connectivity index (χ1v) is 8.89. The largest absolute Gasteiger partial charge is 0.490 e. The molecule has 1 aliphatic rings. The van der Waals surface area contributed by atoms with Gasteiger partial charge in [0.2, 0.25) is 0 Å². The Labute approximate surface area is 119 Å². The summed E-state index contributed by atoms with van der Waals surface area (Å²) in [5.74, 6) is 1.42. The highest BCUT2D eigenvalue weighted by Crippen LogP contribution is 2.29. The second-order valence-electron chi connectivity index (χ2n) is 5.38. The van der Waals surface area contributed by atoms with Crippen LogP contribution in [-0.4, -0.2) is 14.5 Å². The summed E-state index contributed by atoms with van der Waals surface area (Å²) in [6.45, 7) is 3.97. The van der Waals surface area contributed by atoms with Crippen molar-refractivity contribution in [2.45, 2.75) is 50.5 Å². The molecular weight excluding hydrogens is 284 g/mol. The summed E-state index contributed by atoms with van der Waals surface area (Å²) < 4.78 is 28.6. The zero-order chi connectivity index (χ0) is 14.0. The van der Waals surface area contributed by atoms with Crippen molar-refractivity contribution in [3.63, 3.8) is 0 Å². The van der Waals surface area contributed by atoms with E-state index in [9.17, 15) is 8.42 Å². The van der Waals surface area contributed by atoms with Crippen LogP contribution in [0.25, 0.3) is 0 Å². The molecule has 1 saturated carbocycles. The third-order valence-corrected chi connectivity index (χ3v) is 5.08. The van der Waals surface area contributed by atoms with Gasteiger partial charge in [-0.3, -0.25) is 0 Å². The summed E-state index contributed by atoms with van der Waals surface area (Å²) in [4.78, 5) is 0.151. The van der Waals surface area contributed by atoms with Gasteiger partial charge in [-0.15, -0.1) is 0 Å². The molecule has 1 aromatic carbocycles. The quantitative estimate of drug-likeness (QED) is 0.796. The molecule has 0 radical (unpaired) electrons. The molecule has 2 rings (SSSR count). The van der Waals surface area contributed by atoms with E-state index in [1.807, 2.05) is 0 Å². The SMILES string of the molecule is Cc1cc(OC2CCCC(C)C2)ccc1S(=O)(=O)Cl. The first-order chi connectivity index (χ1) is 8.86. The first kappa shape index (κ1) is 14.7. The van der Waals surface area contributed by atoms with Crippen molar-refractivity contribution < 1.29 is 13.2 Å². The monoisotopic (exact) mass is 302 g/mol. The van der Waals surface area contributed by atoms with Crippen LogP contribution < -0.4 is 4.74 Å². The van der Waals surface area contributed by atoms with E-state index in [1.165, 1.54) is 18.9 Å². The van der Waals surface area contributed by atoms with Crippen molar-refractivity contribution in [1.29, 1.82) is 0 Å². The Balaban J connectivity index is 2.12. The van der Waals surface area contributed by atoms with Crippen molar-refractivity contribution in [3.05, 3.63) is 23.8 Å². The summed E-state index contributed by atoms with van der Waals surface area (Å²) in [5, 5.41) is 0. The van der Waals surface area contributed by atoms with Gasteiger partial charge < -0.3 is 4.74 Å². The molecule has 0 amide bonds.